The van der Waals surface area contributed by atoms with Crippen LogP contribution in [0.5, 0.6) is 0 Å². The number of carbonyl (C=O) groups excluding carboxylic acids is 1. The van der Waals surface area contributed by atoms with Crippen LogP contribution in [0.4, 0.5) is 0 Å². The predicted octanol–water partition coefficient (Wildman–Crippen LogP) is 1.64. The van der Waals surface area contributed by atoms with E-state index in [4.69, 9.17) is 16.3 Å². The quantitative estimate of drug-likeness (QED) is 0.677. The summed E-state index contributed by atoms with van der Waals surface area (Å²) in [4.78, 5) is 14.1. The van der Waals surface area contributed by atoms with Crippen LogP contribution in [0.15, 0.2) is 0 Å². The molecule has 0 spiro atoms. The lowest BCUT2D eigenvalue weighted by Gasteiger charge is -2.27. The molecule has 2 heterocycles. The van der Waals surface area contributed by atoms with Crippen LogP contribution in [-0.2, 0) is 9.53 Å². The molecule has 3 unspecified atom stereocenters. The van der Waals surface area contributed by atoms with Crippen molar-refractivity contribution in [2.45, 2.75) is 38.3 Å². The minimum atomic E-state index is -0.214. The monoisotopic (exact) mass is 231 g/mol. The van der Waals surface area contributed by atoms with Gasteiger partial charge in [0, 0.05) is 25.1 Å². The van der Waals surface area contributed by atoms with Crippen LogP contribution in [0.25, 0.3) is 0 Å². The molecule has 3 nitrogen and oxygen atoms in total. The first-order valence-corrected chi connectivity index (χ1v) is 6.25. The number of hydrogen-bond donors (Lipinski definition) is 0. The van der Waals surface area contributed by atoms with E-state index in [9.17, 15) is 4.79 Å². The first kappa shape index (κ1) is 11.2. The zero-order valence-corrected chi connectivity index (χ0v) is 9.87. The van der Waals surface area contributed by atoms with E-state index in [1.165, 1.54) is 0 Å². The van der Waals surface area contributed by atoms with Gasteiger partial charge in [0.15, 0.2) is 0 Å². The molecule has 0 aromatic heterocycles. The Labute approximate surface area is 95.7 Å². The van der Waals surface area contributed by atoms with E-state index in [-0.39, 0.29) is 18.1 Å². The second-order valence-electron chi connectivity index (χ2n) is 4.54. The van der Waals surface area contributed by atoms with Gasteiger partial charge in [-0.1, -0.05) is 6.92 Å². The standard InChI is InChI=1S/C11H18ClNO2/c1-8-4-6-15-10(8)11(14)13-5-2-3-9(13)7-12/h8-10H,2-7H2,1H3. The molecule has 0 radical (unpaired) electrons. The van der Waals surface area contributed by atoms with Crippen LogP contribution < -0.4 is 0 Å². The summed E-state index contributed by atoms with van der Waals surface area (Å²) < 4.78 is 5.50. The number of alkyl halides is 1. The number of rotatable bonds is 2. The molecule has 3 atom stereocenters. The third-order valence-electron chi connectivity index (χ3n) is 3.47. The van der Waals surface area contributed by atoms with Gasteiger partial charge in [-0.3, -0.25) is 4.79 Å². The summed E-state index contributed by atoms with van der Waals surface area (Å²) >= 11 is 5.85. The van der Waals surface area contributed by atoms with E-state index >= 15 is 0 Å². The highest BCUT2D eigenvalue weighted by Crippen LogP contribution is 2.26. The molecule has 0 bridgehead atoms. The third-order valence-corrected chi connectivity index (χ3v) is 3.83. The lowest BCUT2D eigenvalue weighted by Crippen LogP contribution is -2.44. The van der Waals surface area contributed by atoms with Crippen molar-refractivity contribution in [1.29, 1.82) is 0 Å². The fraction of sp³-hybridized carbons (Fsp3) is 0.909. The Morgan fingerprint density at radius 2 is 2.33 bits per heavy atom. The van der Waals surface area contributed by atoms with Gasteiger partial charge in [-0.15, -0.1) is 11.6 Å². The largest absolute Gasteiger partial charge is 0.368 e. The second-order valence-corrected chi connectivity index (χ2v) is 4.85. The smallest absolute Gasteiger partial charge is 0.252 e. The van der Waals surface area contributed by atoms with Crippen LogP contribution >= 0.6 is 11.6 Å². The van der Waals surface area contributed by atoms with Gasteiger partial charge in [0.1, 0.15) is 6.10 Å². The highest BCUT2D eigenvalue weighted by atomic mass is 35.5. The maximum absolute atomic E-state index is 12.2. The number of amides is 1. The van der Waals surface area contributed by atoms with Gasteiger partial charge < -0.3 is 9.64 Å². The molecule has 2 aliphatic rings. The summed E-state index contributed by atoms with van der Waals surface area (Å²) in [6, 6.07) is 0.232. The van der Waals surface area contributed by atoms with Gasteiger partial charge in [-0.25, -0.2) is 0 Å². The minimum Gasteiger partial charge on any atom is -0.368 e. The molecule has 0 N–H and O–H groups in total. The average molecular weight is 232 g/mol. The summed E-state index contributed by atoms with van der Waals surface area (Å²) in [5.74, 6) is 1.06. The molecule has 4 heteroatoms. The van der Waals surface area contributed by atoms with Crippen molar-refractivity contribution >= 4 is 17.5 Å². The van der Waals surface area contributed by atoms with Crippen molar-refractivity contribution < 1.29 is 9.53 Å². The number of carbonyl (C=O) groups is 1. The number of hydrogen-bond acceptors (Lipinski definition) is 2. The van der Waals surface area contributed by atoms with Gasteiger partial charge in [-0.05, 0) is 25.2 Å². The number of likely N-dealkylation sites (tertiary alicyclic amines) is 1. The molecule has 0 aliphatic carbocycles. The van der Waals surface area contributed by atoms with Crippen LogP contribution in [0.2, 0.25) is 0 Å². The van der Waals surface area contributed by atoms with E-state index in [0.717, 1.165) is 32.4 Å². The Kier molecular flexibility index (Phi) is 3.52. The van der Waals surface area contributed by atoms with Crippen LogP contribution in [0.3, 0.4) is 0 Å². The molecular formula is C11H18ClNO2. The first-order valence-electron chi connectivity index (χ1n) is 5.72. The van der Waals surface area contributed by atoms with E-state index in [1.54, 1.807) is 0 Å². The second kappa shape index (κ2) is 4.71. The molecule has 0 saturated carbocycles. The van der Waals surface area contributed by atoms with Crippen molar-refractivity contribution in [3.8, 4) is 0 Å². The van der Waals surface area contributed by atoms with Crippen molar-refractivity contribution in [3.05, 3.63) is 0 Å². The lowest BCUT2D eigenvalue weighted by molar-refractivity contribution is -0.142. The highest BCUT2D eigenvalue weighted by Gasteiger charge is 2.38. The van der Waals surface area contributed by atoms with Crippen molar-refractivity contribution in [1.82, 2.24) is 4.90 Å². The topological polar surface area (TPSA) is 29.5 Å². The first-order chi connectivity index (χ1) is 7.24. The summed E-state index contributed by atoms with van der Waals surface area (Å²) in [6.45, 7) is 3.65. The number of halogens is 1. The maximum atomic E-state index is 12.2. The molecule has 2 rings (SSSR count). The van der Waals surface area contributed by atoms with Crippen molar-refractivity contribution in [2.24, 2.45) is 5.92 Å². The Morgan fingerprint density at radius 1 is 1.53 bits per heavy atom. The zero-order chi connectivity index (χ0) is 10.8. The SMILES string of the molecule is CC1CCOC1C(=O)N1CCCC1CCl. The fourth-order valence-corrected chi connectivity index (χ4v) is 2.78. The third kappa shape index (κ3) is 2.13. The number of ether oxygens (including phenoxy) is 1. The maximum Gasteiger partial charge on any atom is 0.252 e. The average Bonchev–Trinajstić information content (AvgIpc) is 2.84. The molecular weight excluding hydrogens is 214 g/mol. The van der Waals surface area contributed by atoms with Gasteiger partial charge in [0.2, 0.25) is 0 Å². The fourth-order valence-electron chi connectivity index (χ4n) is 2.46. The zero-order valence-electron chi connectivity index (χ0n) is 9.12. The molecule has 0 aromatic carbocycles. The molecule has 15 heavy (non-hydrogen) atoms. The number of nitrogens with zero attached hydrogens (tertiary/aromatic N) is 1. The van der Waals surface area contributed by atoms with Crippen molar-refractivity contribution in [2.75, 3.05) is 19.0 Å². The van der Waals surface area contributed by atoms with Crippen molar-refractivity contribution in [3.63, 3.8) is 0 Å². The summed E-state index contributed by atoms with van der Waals surface area (Å²) in [5, 5.41) is 0. The van der Waals surface area contributed by atoms with E-state index < -0.39 is 0 Å². The van der Waals surface area contributed by atoms with Crippen LogP contribution in [0.1, 0.15) is 26.2 Å². The Bertz CT molecular complexity index is 247. The molecule has 2 saturated heterocycles. The van der Waals surface area contributed by atoms with Gasteiger partial charge in [0.25, 0.3) is 5.91 Å². The molecule has 0 aromatic rings. The Hall–Kier alpha value is -0.280. The van der Waals surface area contributed by atoms with Gasteiger partial charge in [-0.2, -0.15) is 0 Å². The normalized spacial score (nSPS) is 36.1. The van der Waals surface area contributed by atoms with E-state index in [1.807, 2.05) is 4.90 Å². The molecule has 2 aliphatic heterocycles. The van der Waals surface area contributed by atoms with E-state index in [2.05, 4.69) is 6.92 Å². The minimum absolute atomic E-state index is 0.156. The van der Waals surface area contributed by atoms with Gasteiger partial charge >= 0.3 is 0 Å². The highest BCUT2D eigenvalue weighted by molar-refractivity contribution is 6.18. The Balaban J connectivity index is 2.00. The predicted molar refractivity (Wildman–Crippen MR) is 59.0 cm³/mol. The summed E-state index contributed by atoms with van der Waals surface area (Å²) in [7, 11) is 0. The summed E-state index contributed by atoms with van der Waals surface area (Å²) in [6.07, 6.45) is 2.89. The Morgan fingerprint density at radius 3 is 2.93 bits per heavy atom. The molecule has 86 valence electrons. The van der Waals surface area contributed by atoms with Crippen LogP contribution in [-0.4, -0.2) is 42.0 Å². The molecule has 1 amide bonds. The van der Waals surface area contributed by atoms with Crippen LogP contribution in [0, 0.1) is 5.92 Å². The lowest BCUT2D eigenvalue weighted by atomic mass is 10.0. The van der Waals surface area contributed by atoms with E-state index in [0.29, 0.717) is 11.8 Å². The molecule has 2 fully saturated rings. The summed E-state index contributed by atoms with van der Waals surface area (Å²) in [5.41, 5.74) is 0. The van der Waals surface area contributed by atoms with Gasteiger partial charge in [0.05, 0.1) is 0 Å².